The Morgan fingerprint density at radius 2 is 1.96 bits per heavy atom. The molecule has 7 nitrogen and oxygen atoms in total. The molecule has 1 saturated heterocycles. The second kappa shape index (κ2) is 7.13. The molecule has 1 aliphatic rings. The van der Waals surface area contributed by atoms with Crippen LogP contribution in [0.4, 0.5) is 10.6 Å². The van der Waals surface area contributed by atoms with Gasteiger partial charge < -0.3 is 19.5 Å². The Morgan fingerprint density at radius 3 is 2.58 bits per heavy atom. The zero-order valence-corrected chi connectivity index (χ0v) is 16.4. The number of aromatic amines is 1. The summed E-state index contributed by atoms with van der Waals surface area (Å²) in [6.07, 6.45) is 4.48. The van der Waals surface area contributed by atoms with Crippen LogP contribution in [0.2, 0.25) is 0 Å². The minimum atomic E-state index is -0.469. The molecular formula is C19H29N5O2. The largest absolute Gasteiger partial charge is 0.444 e. The van der Waals surface area contributed by atoms with Crippen LogP contribution >= 0.6 is 0 Å². The van der Waals surface area contributed by atoms with E-state index in [-0.39, 0.29) is 6.09 Å². The maximum absolute atomic E-state index is 12.3. The molecule has 2 aromatic heterocycles. The predicted octanol–water partition coefficient (Wildman–Crippen LogP) is 3.53. The van der Waals surface area contributed by atoms with Gasteiger partial charge in [0.15, 0.2) is 0 Å². The third kappa shape index (κ3) is 3.76. The SMILES string of the molecule is CCC(C)c1c[nH]c2ncnc(N3CCN(C(=O)OC(C)(C)C)CC3)c12. The van der Waals surface area contributed by atoms with E-state index in [1.54, 1.807) is 11.2 Å². The number of aromatic nitrogens is 3. The van der Waals surface area contributed by atoms with Crippen molar-refractivity contribution in [3.63, 3.8) is 0 Å². The summed E-state index contributed by atoms with van der Waals surface area (Å²) in [6, 6.07) is 0. The number of ether oxygens (including phenoxy) is 1. The fourth-order valence-electron chi connectivity index (χ4n) is 3.25. The van der Waals surface area contributed by atoms with Crippen LogP contribution < -0.4 is 4.90 Å². The fraction of sp³-hybridized carbons (Fsp3) is 0.632. The van der Waals surface area contributed by atoms with Gasteiger partial charge >= 0.3 is 6.09 Å². The van der Waals surface area contributed by atoms with Gasteiger partial charge in [0.25, 0.3) is 0 Å². The van der Waals surface area contributed by atoms with E-state index in [0.717, 1.165) is 36.4 Å². The molecular weight excluding hydrogens is 330 g/mol. The van der Waals surface area contributed by atoms with Gasteiger partial charge in [-0.15, -0.1) is 0 Å². The van der Waals surface area contributed by atoms with Crippen LogP contribution in [0.1, 0.15) is 52.5 Å². The van der Waals surface area contributed by atoms with Gasteiger partial charge in [-0.05, 0) is 38.7 Å². The van der Waals surface area contributed by atoms with E-state index < -0.39 is 5.60 Å². The number of amides is 1. The van der Waals surface area contributed by atoms with E-state index in [0.29, 0.717) is 19.0 Å². The van der Waals surface area contributed by atoms with Gasteiger partial charge in [0, 0.05) is 32.4 Å². The highest BCUT2D eigenvalue weighted by Gasteiger charge is 2.28. The van der Waals surface area contributed by atoms with Gasteiger partial charge in [0.05, 0.1) is 5.39 Å². The Labute approximate surface area is 154 Å². The molecule has 1 unspecified atom stereocenters. The Balaban J connectivity index is 1.78. The zero-order valence-electron chi connectivity index (χ0n) is 16.4. The maximum atomic E-state index is 12.3. The molecule has 1 N–H and O–H groups in total. The molecule has 0 aliphatic carbocycles. The van der Waals surface area contributed by atoms with E-state index in [9.17, 15) is 4.79 Å². The summed E-state index contributed by atoms with van der Waals surface area (Å²) in [4.78, 5) is 28.5. The molecule has 0 aromatic carbocycles. The lowest BCUT2D eigenvalue weighted by Crippen LogP contribution is -2.50. The van der Waals surface area contributed by atoms with Crippen molar-refractivity contribution in [1.82, 2.24) is 19.9 Å². The number of carbonyl (C=O) groups is 1. The molecule has 1 amide bonds. The number of nitrogens with zero attached hydrogens (tertiary/aromatic N) is 4. The van der Waals surface area contributed by atoms with E-state index >= 15 is 0 Å². The monoisotopic (exact) mass is 359 g/mol. The summed E-state index contributed by atoms with van der Waals surface area (Å²) in [5.41, 5.74) is 1.66. The highest BCUT2D eigenvalue weighted by molar-refractivity contribution is 5.91. The number of hydrogen-bond acceptors (Lipinski definition) is 5. The van der Waals surface area contributed by atoms with Crippen molar-refractivity contribution < 1.29 is 9.53 Å². The Kier molecular flexibility index (Phi) is 5.07. The number of hydrogen-bond donors (Lipinski definition) is 1. The molecule has 1 atom stereocenters. The van der Waals surface area contributed by atoms with Crippen molar-refractivity contribution in [2.45, 2.75) is 52.6 Å². The molecule has 1 fully saturated rings. The van der Waals surface area contributed by atoms with Gasteiger partial charge in [-0.2, -0.15) is 0 Å². The van der Waals surface area contributed by atoms with E-state index in [4.69, 9.17) is 4.74 Å². The average Bonchev–Trinajstić information content (AvgIpc) is 3.04. The molecule has 3 heterocycles. The second-order valence-electron chi connectivity index (χ2n) is 7.93. The maximum Gasteiger partial charge on any atom is 0.410 e. The first-order chi connectivity index (χ1) is 12.3. The highest BCUT2D eigenvalue weighted by Crippen LogP contribution is 2.32. The normalized spacial score (nSPS) is 16.8. The molecule has 0 saturated carbocycles. The number of fused-ring (bicyclic) bond motifs is 1. The first kappa shape index (κ1) is 18.5. The summed E-state index contributed by atoms with van der Waals surface area (Å²) >= 11 is 0. The summed E-state index contributed by atoms with van der Waals surface area (Å²) < 4.78 is 5.48. The van der Waals surface area contributed by atoms with Gasteiger partial charge in [-0.3, -0.25) is 0 Å². The summed E-state index contributed by atoms with van der Waals surface area (Å²) in [5, 5.41) is 1.10. The molecule has 7 heteroatoms. The third-order valence-corrected chi connectivity index (χ3v) is 4.85. The summed E-state index contributed by atoms with van der Waals surface area (Å²) in [7, 11) is 0. The number of H-pyrrole nitrogens is 1. The van der Waals surface area contributed by atoms with Gasteiger partial charge in [-0.1, -0.05) is 13.8 Å². The van der Waals surface area contributed by atoms with Crippen LogP contribution in [0.3, 0.4) is 0 Å². The molecule has 0 radical (unpaired) electrons. The van der Waals surface area contributed by atoms with Crippen LogP contribution in [0.25, 0.3) is 11.0 Å². The number of carbonyl (C=O) groups excluding carboxylic acids is 1. The first-order valence-electron chi connectivity index (χ1n) is 9.35. The van der Waals surface area contributed by atoms with Crippen LogP contribution in [0, 0.1) is 0 Å². The summed E-state index contributed by atoms with van der Waals surface area (Å²) in [6.45, 7) is 12.8. The van der Waals surface area contributed by atoms with Crippen molar-refractivity contribution in [3.05, 3.63) is 18.1 Å². The Bertz CT molecular complexity index is 772. The summed E-state index contributed by atoms with van der Waals surface area (Å²) in [5.74, 6) is 1.40. The molecule has 26 heavy (non-hydrogen) atoms. The molecule has 1 aliphatic heterocycles. The molecule has 0 bridgehead atoms. The number of anilines is 1. The second-order valence-corrected chi connectivity index (χ2v) is 7.93. The van der Waals surface area contributed by atoms with Gasteiger partial charge in [0.2, 0.25) is 0 Å². The quantitative estimate of drug-likeness (QED) is 0.907. The van der Waals surface area contributed by atoms with Gasteiger partial charge in [-0.25, -0.2) is 14.8 Å². The van der Waals surface area contributed by atoms with Crippen LogP contribution in [-0.4, -0.2) is 57.7 Å². The highest BCUT2D eigenvalue weighted by atomic mass is 16.6. The molecule has 0 spiro atoms. The Hall–Kier alpha value is -2.31. The van der Waals surface area contributed by atoms with Crippen LogP contribution in [0.15, 0.2) is 12.5 Å². The van der Waals surface area contributed by atoms with Crippen molar-refractivity contribution in [3.8, 4) is 0 Å². The van der Waals surface area contributed by atoms with Gasteiger partial charge in [0.1, 0.15) is 23.4 Å². The molecule has 142 valence electrons. The lowest BCUT2D eigenvalue weighted by atomic mass is 9.99. The number of piperazine rings is 1. The first-order valence-corrected chi connectivity index (χ1v) is 9.35. The third-order valence-electron chi connectivity index (χ3n) is 4.85. The topological polar surface area (TPSA) is 74.4 Å². The fourth-order valence-corrected chi connectivity index (χ4v) is 3.25. The minimum absolute atomic E-state index is 0.244. The van der Waals surface area contributed by atoms with Crippen molar-refractivity contribution in [1.29, 1.82) is 0 Å². The van der Waals surface area contributed by atoms with E-state index in [1.165, 1.54) is 5.56 Å². The average molecular weight is 359 g/mol. The standard InChI is InChI=1S/C19H29N5O2/c1-6-13(2)14-11-20-16-15(14)17(22-12-21-16)23-7-9-24(10-8-23)18(25)26-19(3,4)5/h11-13H,6-10H2,1-5H3,(H,20,21,22). The zero-order chi connectivity index (χ0) is 18.9. The van der Waals surface area contributed by atoms with Crippen molar-refractivity contribution in [2.24, 2.45) is 0 Å². The number of nitrogens with one attached hydrogen (secondary N) is 1. The Morgan fingerprint density at radius 1 is 1.27 bits per heavy atom. The van der Waals surface area contributed by atoms with Crippen LogP contribution in [-0.2, 0) is 4.74 Å². The van der Waals surface area contributed by atoms with Crippen LogP contribution in [0.5, 0.6) is 0 Å². The lowest BCUT2D eigenvalue weighted by molar-refractivity contribution is 0.0240. The lowest BCUT2D eigenvalue weighted by Gasteiger charge is -2.36. The number of rotatable bonds is 3. The van der Waals surface area contributed by atoms with E-state index in [2.05, 4.69) is 33.7 Å². The minimum Gasteiger partial charge on any atom is -0.444 e. The predicted molar refractivity (Wildman–Crippen MR) is 103 cm³/mol. The molecule has 2 aromatic rings. The van der Waals surface area contributed by atoms with Crippen molar-refractivity contribution in [2.75, 3.05) is 31.1 Å². The van der Waals surface area contributed by atoms with Crippen molar-refractivity contribution >= 4 is 22.9 Å². The van der Waals surface area contributed by atoms with E-state index in [1.807, 2.05) is 27.0 Å². The molecule has 3 rings (SSSR count). The smallest absolute Gasteiger partial charge is 0.410 e.